The van der Waals surface area contributed by atoms with E-state index in [0.717, 1.165) is 37.9 Å². The van der Waals surface area contributed by atoms with E-state index in [2.05, 4.69) is 5.10 Å². The van der Waals surface area contributed by atoms with Crippen LogP contribution < -0.4 is 0 Å². The van der Waals surface area contributed by atoms with E-state index in [4.69, 9.17) is 4.74 Å². The number of piperidine rings is 1. The number of nitrogens with zero attached hydrogens (tertiary/aromatic N) is 4. The van der Waals surface area contributed by atoms with E-state index in [-0.39, 0.29) is 6.03 Å². The standard InChI is InChI=1S/C18H28N4O3/c1-18(2,14-23)13-22-8-5-16(19-22)15-3-6-20(7-4-15)17(24)21-9-11-25-12-10-21/h5,8,14-15H,3-4,6-7,9-13H2,1-2H3. The van der Waals surface area contributed by atoms with Gasteiger partial charge in [0.25, 0.3) is 0 Å². The van der Waals surface area contributed by atoms with Crippen molar-refractivity contribution < 1.29 is 14.3 Å². The molecule has 0 spiro atoms. The second kappa shape index (κ2) is 7.56. The third-order valence-electron chi connectivity index (χ3n) is 5.02. The normalized spacial score (nSPS) is 19.9. The first-order valence-corrected chi connectivity index (χ1v) is 9.10. The van der Waals surface area contributed by atoms with Gasteiger partial charge in [-0.05, 0) is 18.9 Å². The van der Waals surface area contributed by atoms with Crippen LogP contribution >= 0.6 is 0 Å². The van der Waals surface area contributed by atoms with Gasteiger partial charge >= 0.3 is 6.03 Å². The van der Waals surface area contributed by atoms with Crippen LogP contribution in [0.2, 0.25) is 0 Å². The molecule has 2 aliphatic rings. The quantitative estimate of drug-likeness (QED) is 0.778. The van der Waals surface area contributed by atoms with Crippen molar-refractivity contribution in [3.8, 4) is 0 Å². The lowest BCUT2D eigenvalue weighted by Crippen LogP contribution is -2.50. The third-order valence-corrected chi connectivity index (χ3v) is 5.02. The Morgan fingerprint density at radius 3 is 2.52 bits per heavy atom. The fourth-order valence-electron chi connectivity index (χ4n) is 3.46. The number of likely N-dealkylation sites (tertiary alicyclic amines) is 1. The Kier molecular flexibility index (Phi) is 5.42. The first kappa shape index (κ1) is 17.9. The highest BCUT2D eigenvalue weighted by Gasteiger charge is 2.29. The summed E-state index contributed by atoms with van der Waals surface area (Å²) in [5.41, 5.74) is 0.664. The number of aromatic nitrogens is 2. The molecule has 2 fully saturated rings. The maximum Gasteiger partial charge on any atom is 0.320 e. The van der Waals surface area contributed by atoms with E-state index in [1.54, 1.807) is 0 Å². The zero-order valence-electron chi connectivity index (χ0n) is 15.2. The van der Waals surface area contributed by atoms with Crippen LogP contribution in [-0.4, -0.2) is 71.3 Å². The third kappa shape index (κ3) is 4.39. The van der Waals surface area contributed by atoms with Crippen molar-refractivity contribution in [2.24, 2.45) is 5.41 Å². The van der Waals surface area contributed by atoms with E-state index < -0.39 is 5.41 Å². The van der Waals surface area contributed by atoms with Crippen molar-refractivity contribution in [1.29, 1.82) is 0 Å². The van der Waals surface area contributed by atoms with Crippen LogP contribution in [0.25, 0.3) is 0 Å². The number of morpholine rings is 1. The predicted molar refractivity (Wildman–Crippen MR) is 93.4 cm³/mol. The molecule has 7 heteroatoms. The number of amides is 2. The zero-order valence-corrected chi connectivity index (χ0v) is 15.2. The first-order valence-electron chi connectivity index (χ1n) is 9.10. The van der Waals surface area contributed by atoms with E-state index in [1.807, 2.05) is 40.6 Å². The number of hydrogen-bond acceptors (Lipinski definition) is 4. The minimum atomic E-state index is -0.406. The first-order chi connectivity index (χ1) is 12.0. The van der Waals surface area contributed by atoms with Gasteiger partial charge in [0.1, 0.15) is 6.29 Å². The Balaban J connectivity index is 1.53. The van der Waals surface area contributed by atoms with Crippen molar-refractivity contribution in [2.45, 2.75) is 39.2 Å². The van der Waals surface area contributed by atoms with Crippen molar-refractivity contribution in [1.82, 2.24) is 19.6 Å². The molecule has 2 saturated heterocycles. The second-order valence-electron chi connectivity index (χ2n) is 7.69. The van der Waals surface area contributed by atoms with Gasteiger partial charge in [0, 0.05) is 43.7 Å². The Labute approximate surface area is 148 Å². The number of ether oxygens (including phenoxy) is 1. The molecule has 0 aliphatic carbocycles. The lowest BCUT2D eigenvalue weighted by molar-refractivity contribution is -0.115. The molecule has 0 bridgehead atoms. The van der Waals surface area contributed by atoms with Crippen LogP contribution in [0.5, 0.6) is 0 Å². The molecule has 138 valence electrons. The molecule has 2 aliphatic heterocycles. The molecular weight excluding hydrogens is 320 g/mol. The van der Waals surface area contributed by atoms with Crippen molar-refractivity contribution in [3.05, 3.63) is 18.0 Å². The molecule has 7 nitrogen and oxygen atoms in total. The number of hydrogen-bond donors (Lipinski definition) is 0. The largest absolute Gasteiger partial charge is 0.378 e. The molecule has 0 saturated carbocycles. The van der Waals surface area contributed by atoms with Gasteiger partial charge in [0.15, 0.2) is 0 Å². The second-order valence-corrected chi connectivity index (χ2v) is 7.69. The summed E-state index contributed by atoms with van der Waals surface area (Å²) in [7, 11) is 0. The zero-order chi connectivity index (χ0) is 17.9. The van der Waals surface area contributed by atoms with E-state index >= 15 is 0 Å². The van der Waals surface area contributed by atoms with Crippen molar-refractivity contribution >= 4 is 12.3 Å². The number of carbonyl (C=O) groups excluding carboxylic acids is 2. The monoisotopic (exact) mass is 348 g/mol. The minimum absolute atomic E-state index is 0.139. The predicted octanol–water partition coefficient (Wildman–Crippen LogP) is 1.74. The number of urea groups is 1. The summed E-state index contributed by atoms with van der Waals surface area (Å²) in [5.74, 6) is 0.384. The lowest BCUT2D eigenvalue weighted by Gasteiger charge is -2.36. The van der Waals surface area contributed by atoms with Gasteiger partial charge in [-0.1, -0.05) is 13.8 Å². The molecule has 1 aromatic heterocycles. The average Bonchev–Trinajstić information content (AvgIpc) is 3.10. The molecule has 3 heterocycles. The minimum Gasteiger partial charge on any atom is -0.378 e. The lowest BCUT2D eigenvalue weighted by atomic mass is 9.94. The highest BCUT2D eigenvalue weighted by atomic mass is 16.5. The SMILES string of the molecule is CC(C)(C=O)Cn1ccc(C2CCN(C(=O)N3CCOCC3)CC2)n1. The smallest absolute Gasteiger partial charge is 0.320 e. The van der Waals surface area contributed by atoms with Gasteiger partial charge in [0.2, 0.25) is 0 Å². The van der Waals surface area contributed by atoms with Crippen LogP contribution in [0.3, 0.4) is 0 Å². The molecule has 0 N–H and O–H groups in total. The molecule has 25 heavy (non-hydrogen) atoms. The molecule has 1 aromatic rings. The maximum absolute atomic E-state index is 12.5. The van der Waals surface area contributed by atoms with Crippen LogP contribution in [-0.2, 0) is 16.1 Å². The molecular formula is C18H28N4O3. The van der Waals surface area contributed by atoms with Crippen molar-refractivity contribution in [3.63, 3.8) is 0 Å². The summed E-state index contributed by atoms with van der Waals surface area (Å²) in [5, 5.41) is 4.65. The molecule has 3 rings (SSSR count). The van der Waals surface area contributed by atoms with Crippen LogP contribution in [0.1, 0.15) is 38.3 Å². The van der Waals surface area contributed by atoms with Gasteiger partial charge < -0.3 is 19.3 Å². The Morgan fingerprint density at radius 2 is 1.88 bits per heavy atom. The van der Waals surface area contributed by atoms with Gasteiger partial charge in [-0.25, -0.2) is 4.79 Å². The molecule has 0 aromatic carbocycles. The highest BCUT2D eigenvalue weighted by molar-refractivity contribution is 5.74. The Hall–Kier alpha value is -1.89. The molecule has 0 unspecified atom stereocenters. The van der Waals surface area contributed by atoms with Crippen molar-refractivity contribution in [2.75, 3.05) is 39.4 Å². The maximum atomic E-state index is 12.5. The van der Waals surface area contributed by atoms with E-state index in [9.17, 15) is 9.59 Å². The Bertz CT molecular complexity index is 599. The van der Waals surface area contributed by atoms with E-state index in [0.29, 0.717) is 38.8 Å². The number of rotatable bonds is 4. The van der Waals surface area contributed by atoms with Gasteiger partial charge in [-0.3, -0.25) is 4.68 Å². The van der Waals surface area contributed by atoms with Crippen LogP contribution in [0, 0.1) is 5.41 Å². The van der Waals surface area contributed by atoms with Gasteiger partial charge in [-0.2, -0.15) is 5.10 Å². The molecule has 2 amide bonds. The summed E-state index contributed by atoms with van der Waals surface area (Å²) in [6, 6.07) is 2.19. The van der Waals surface area contributed by atoms with Crippen LogP contribution in [0.15, 0.2) is 12.3 Å². The summed E-state index contributed by atoms with van der Waals surface area (Å²) in [4.78, 5) is 27.5. The fourth-order valence-corrected chi connectivity index (χ4v) is 3.46. The highest BCUT2D eigenvalue weighted by Crippen LogP contribution is 2.27. The van der Waals surface area contributed by atoms with Gasteiger partial charge in [-0.15, -0.1) is 0 Å². The Morgan fingerprint density at radius 1 is 1.24 bits per heavy atom. The average molecular weight is 348 g/mol. The molecule has 0 atom stereocenters. The summed E-state index contributed by atoms with van der Waals surface area (Å²) >= 11 is 0. The summed E-state index contributed by atoms with van der Waals surface area (Å²) in [6.07, 6.45) is 4.80. The summed E-state index contributed by atoms with van der Waals surface area (Å²) < 4.78 is 7.17. The van der Waals surface area contributed by atoms with E-state index in [1.165, 1.54) is 0 Å². The van der Waals surface area contributed by atoms with Gasteiger partial charge in [0.05, 0.1) is 25.5 Å². The number of carbonyl (C=O) groups is 2. The topological polar surface area (TPSA) is 67.7 Å². The summed E-state index contributed by atoms with van der Waals surface area (Å²) in [6.45, 7) is 8.61. The van der Waals surface area contributed by atoms with Crippen LogP contribution in [0.4, 0.5) is 4.79 Å². The number of aldehydes is 1. The molecule has 0 radical (unpaired) electrons. The fraction of sp³-hybridized carbons (Fsp3) is 0.722.